The molecule has 0 aromatic heterocycles. The van der Waals surface area contributed by atoms with Gasteiger partial charge in [-0.2, -0.15) is 0 Å². The van der Waals surface area contributed by atoms with Crippen molar-refractivity contribution in [1.29, 1.82) is 0 Å². The molecule has 1 heterocycles. The maximum Gasteiger partial charge on any atom is 0.573 e. The van der Waals surface area contributed by atoms with Crippen molar-refractivity contribution in [2.24, 2.45) is 0 Å². The first-order valence-electron chi connectivity index (χ1n) is 5.87. The lowest BCUT2D eigenvalue weighted by Gasteiger charge is -2.32. The lowest BCUT2D eigenvalue weighted by molar-refractivity contribution is -0.274. The Kier molecular flexibility index (Phi) is 5.51. The lowest BCUT2D eigenvalue weighted by atomic mass is 9.98. The Morgan fingerprint density at radius 2 is 2.00 bits per heavy atom. The van der Waals surface area contributed by atoms with Crippen LogP contribution in [0.1, 0.15) is 11.6 Å². The van der Waals surface area contributed by atoms with Gasteiger partial charge in [0.05, 0.1) is 7.11 Å². The van der Waals surface area contributed by atoms with Crippen LogP contribution in [0.4, 0.5) is 26.7 Å². The SMILES string of the molecule is COc1ccc(OC(F)(F)F)cc1[C@H]1NC(=O)OCC1(F)F.Cl. The Balaban J connectivity index is 0.00000264. The fraction of sp³-hybridized carbons (Fsp3) is 0.417. The first kappa shape index (κ1) is 19.1. The van der Waals surface area contributed by atoms with Gasteiger partial charge in [-0.1, -0.05) is 0 Å². The number of carbonyl (C=O) groups is 1. The number of alkyl halides is 5. The number of nitrogens with one attached hydrogen (secondary N) is 1. The van der Waals surface area contributed by atoms with Gasteiger partial charge in [-0.3, -0.25) is 0 Å². The second-order valence-electron chi connectivity index (χ2n) is 4.37. The average Bonchev–Trinajstić information content (AvgIpc) is 2.40. The first-order valence-corrected chi connectivity index (χ1v) is 5.87. The normalized spacial score (nSPS) is 19.9. The van der Waals surface area contributed by atoms with Crippen LogP contribution in [0, 0.1) is 0 Å². The van der Waals surface area contributed by atoms with E-state index in [-0.39, 0.29) is 23.7 Å². The summed E-state index contributed by atoms with van der Waals surface area (Å²) < 4.78 is 77.1. The van der Waals surface area contributed by atoms with E-state index in [9.17, 15) is 26.7 Å². The highest BCUT2D eigenvalue weighted by Gasteiger charge is 2.48. The zero-order chi connectivity index (χ0) is 16.5. The summed E-state index contributed by atoms with van der Waals surface area (Å²) in [5, 5.41) is 1.86. The number of carbonyl (C=O) groups excluding carboxylic acids is 1. The van der Waals surface area contributed by atoms with E-state index in [0.29, 0.717) is 0 Å². The summed E-state index contributed by atoms with van der Waals surface area (Å²) in [5.41, 5.74) is -0.356. The maximum absolute atomic E-state index is 13.9. The Morgan fingerprint density at radius 3 is 2.57 bits per heavy atom. The van der Waals surface area contributed by atoms with E-state index in [1.165, 1.54) is 0 Å². The number of amides is 1. The number of hydrogen-bond donors (Lipinski definition) is 1. The van der Waals surface area contributed by atoms with Crippen molar-refractivity contribution in [3.63, 3.8) is 0 Å². The van der Waals surface area contributed by atoms with Crippen LogP contribution in [0.2, 0.25) is 0 Å². The molecule has 0 aliphatic carbocycles. The van der Waals surface area contributed by atoms with Gasteiger partial charge in [0, 0.05) is 5.56 Å². The summed E-state index contributed by atoms with van der Waals surface area (Å²) in [6, 6.07) is 0.778. The summed E-state index contributed by atoms with van der Waals surface area (Å²) in [7, 11) is 1.16. The Labute approximate surface area is 133 Å². The zero-order valence-corrected chi connectivity index (χ0v) is 12.3. The smallest absolute Gasteiger partial charge is 0.496 e. The van der Waals surface area contributed by atoms with Gasteiger partial charge in [0.2, 0.25) is 0 Å². The number of ether oxygens (including phenoxy) is 3. The molecule has 1 saturated heterocycles. The topological polar surface area (TPSA) is 56.8 Å². The lowest BCUT2D eigenvalue weighted by Crippen LogP contribution is -2.49. The summed E-state index contributed by atoms with van der Waals surface area (Å²) in [4.78, 5) is 11.1. The third-order valence-electron chi connectivity index (χ3n) is 2.83. The molecule has 1 aliphatic heterocycles. The minimum atomic E-state index is -4.98. The monoisotopic (exact) mass is 363 g/mol. The van der Waals surface area contributed by atoms with Crippen molar-refractivity contribution in [2.75, 3.05) is 13.7 Å². The molecule has 11 heteroatoms. The van der Waals surface area contributed by atoms with Crippen molar-refractivity contribution in [3.05, 3.63) is 23.8 Å². The Hall–Kier alpha value is -1.97. The summed E-state index contributed by atoms with van der Waals surface area (Å²) in [5.74, 6) is -4.36. The fourth-order valence-electron chi connectivity index (χ4n) is 1.95. The van der Waals surface area contributed by atoms with Crippen molar-refractivity contribution >= 4 is 18.5 Å². The molecular formula is C12H11ClF5NO4. The van der Waals surface area contributed by atoms with Crippen LogP contribution in [0.5, 0.6) is 11.5 Å². The van der Waals surface area contributed by atoms with Crippen molar-refractivity contribution in [1.82, 2.24) is 5.32 Å². The molecule has 0 saturated carbocycles. The third-order valence-corrected chi connectivity index (χ3v) is 2.83. The molecule has 23 heavy (non-hydrogen) atoms. The van der Waals surface area contributed by atoms with E-state index in [4.69, 9.17) is 4.74 Å². The maximum atomic E-state index is 13.9. The van der Waals surface area contributed by atoms with E-state index in [0.717, 1.165) is 25.3 Å². The number of rotatable bonds is 3. The van der Waals surface area contributed by atoms with E-state index in [1.807, 2.05) is 5.32 Å². The van der Waals surface area contributed by atoms with Gasteiger partial charge >= 0.3 is 18.4 Å². The standard InChI is InChI=1S/C12H10F5NO4.ClH/c1-20-8-3-2-6(22-12(15,16)17)4-7(8)9-11(13,14)5-21-10(19)18-9;/h2-4,9H,5H2,1H3,(H,18,19);1H/t9-;/m1./s1. The summed E-state index contributed by atoms with van der Waals surface area (Å²) in [6.07, 6.45) is -6.09. The van der Waals surface area contributed by atoms with Crippen molar-refractivity contribution in [3.8, 4) is 11.5 Å². The molecule has 1 amide bonds. The zero-order valence-electron chi connectivity index (χ0n) is 11.4. The molecule has 0 spiro atoms. The van der Waals surface area contributed by atoms with Gasteiger partial charge in [0.1, 0.15) is 17.5 Å². The molecule has 0 unspecified atom stereocenters. The van der Waals surface area contributed by atoms with Crippen molar-refractivity contribution < 1.29 is 41.0 Å². The molecule has 1 fully saturated rings. The van der Waals surface area contributed by atoms with E-state index in [2.05, 4.69) is 9.47 Å². The van der Waals surface area contributed by atoms with Gasteiger partial charge in [-0.15, -0.1) is 25.6 Å². The van der Waals surface area contributed by atoms with Crippen LogP contribution in [-0.4, -0.2) is 32.1 Å². The number of methoxy groups -OCH3 is 1. The molecule has 1 aliphatic rings. The molecular weight excluding hydrogens is 353 g/mol. The molecule has 1 aromatic carbocycles. The van der Waals surface area contributed by atoms with Crippen LogP contribution in [0.25, 0.3) is 0 Å². The molecule has 0 radical (unpaired) electrons. The predicted molar refractivity (Wildman–Crippen MR) is 69.1 cm³/mol. The Morgan fingerprint density at radius 1 is 1.35 bits per heavy atom. The molecule has 0 bridgehead atoms. The summed E-state index contributed by atoms with van der Waals surface area (Å²) in [6.45, 7) is -1.20. The fourth-order valence-corrected chi connectivity index (χ4v) is 1.95. The van der Waals surface area contributed by atoms with Gasteiger partial charge in [-0.25, -0.2) is 13.6 Å². The number of halogens is 6. The quantitative estimate of drug-likeness (QED) is 0.836. The van der Waals surface area contributed by atoms with Crippen LogP contribution in [0.15, 0.2) is 18.2 Å². The van der Waals surface area contributed by atoms with Gasteiger partial charge < -0.3 is 19.5 Å². The second-order valence-corrected chi connectivity index (χ2v) is 4.37. The second kappa shape index (κ2) is 6.65. The highest BCUT2D eigenvalue weighted by atomic mass is 35.5. The number of hydrogen-bond acceptors (Lipinski definition) is 4. The molecule has 1 aromatic rings. The van der Waals surface area contributed by atoms with Crippen LogP contribution >= 0.6 is 12.4 Å². The average molecular weight is 364 g/mol. The first-order chi connectivity index (χ1) is 10.1. The van der Waals surface area contributed by atoms with Gasteiger partial charge in [0.25, 0.3) is 0 Å². The number of alkyl carbamates (subject to hydrolysis) is 1. The van der Waals surface area contributed by atoms with Crippen molar-refractivity contribution in [2.45, 2.75) is 18.3 Å². The van der Waals surface area contributed by atoms with Crippen LogP contribution in [0.3, 0.4) is 0 Å². The van der Waals surface area contributed by atoms with Gasteiger partial charge in [-0.05, 0) is 18.2 Å². The van der Waals surface area contributed by atoms with E-state index < -0.39 is 36.8 Å². The number of cyclic esters (lactones) is 1. The third kappa shape index (κ3) is 4.50. The minimum Gasteiger partial charge on any atom is -0.496 e. The summed E-state index contributed by atoms with van der Waals surface area (Å²) >= 11 is 0. The Bertz CT molecular complexity index is 581. The highest BCUT2D eigenvalue weighted by molar-refractivity contribution is 5.85. The van der Waals surface area contributed by atoms with Gasteiger partial charge in [0.15, 0.2) is 6.61 Å². The predicted octanol–water partition coefficient (Wildman–Crippen LogP) is 3.43. The van der Waals surface area contributed by atoms with Crippen LogP contribution in [-0.2, 0) is 4.74 Å². The minimum absolute atomic E-state index is 0. The molecule has 1 N–H and O–H groups in total. The van der Waals surface area contributed by atoms with E-state index >= 15 is 0 Å². The largest absolute Gasteiger partial charge is 0.573 e. The molecule has 130 valence electrons. The molecule has 5 nitrogen and oxygen atoms in total. The molecule has 2 rings (SSSR count). The number of benzene rings is 1. The highest BCUT2D eigenvalue weighted by Crippen LogP contribution is 2.40. The van der Waals surface area contributed by atoms with Crippen LogP contribution < -0.4 is 14.8 Å². The van der Waals surface area contributed by atoms with E-state index in [1.54, 1.807) is 0 Å². The molecule has 1 atom stereocenters.